The van der Waals surface area contributed by atoms with Crippen LogP contribution in [0.25, 0.3) is 0 Å². The number of methoxy groups -OCH3 is 1. The fourth-order valence-corrected chi connectivity index (χ4v) is 8.34. The number of hydrogen-bond acceptors (Lipinski definition) is 8. The minimum atomic E-state index is -0.916. The fraction of sp³-hybridized carbons (Fsp3) is 0.550. The zero-order valence-electron chi connectivity index (χ0n) is 28.0. The number of fused-ring (bicyclic) bond motifs is 2. The van der Waals surface area contributed by atoms with E-state index in [1.54, 1.807) is 19.2 Å². The van der Waals surface area contributed by atoms with Crippen molar-refractivity contribution in [1.29, 1.82) is 0 Å². The molecule has 0 amide bonds. The number of aromatic hydroxyl groups is 1. The van der Waals surface area contributed by atoms with Gasteiger partial charge in [0.2, 0.25) is 0 Å². The molecule has 2 aliphatic carbocycles. The van der Waals surface area contributed by atoms with E-state index in [1.807, 2.05) is 42.5 Å². The maximum absolute atomic E-state index is 12.2. The summed E-state index contributed by atoms with van der Waals surface area (Å²) in [4.78, 5) is 0. The molecular formula is C40H50O8. The van der Waals surface area contributed by atoms with E-state index in [-0.39, 0.29) is 30.7 Å². The average molecular weight is 659 g/mol. The molecule has 4 aliphatic rings. The summed E-state index contributed by atoms with van der Waals surface area (Å²) in [5.74, 6) is 2.10. The first-order chi connectivity index (χ1) is 23.5. The number of aliphatic hydroxyl groups excluding tert-OH is 2. The average Bonchev–Trinajstić information content (AvgIpc) is 3.60. The van der Waals surface area contributed by atoms with Crippen LogP contribution in [0.15, 0.2) is 54.6 Å². The summed E-state index contributed by atoms with van der Waals surface area (Å²) in [6.07, 6.45) is 10.2. The molecule has 48 heavy (non-hydrogen) atoms. The summed E-state index contributed by atoms with van der Waals surface area (Å²) in [7, 11) is 1.69. The molecule has 0 radical (unpaired) electrons. The molecule has 0 aromatic heterocycles. The van der Waals surface area contributed by atoms with Gasteiger partial charge < -0.3 is 39.0 Å². The van der Waals surface area contributed by atoms with Gasteiger partial charge in [-0.3, -0.25) is 0 Å². The minimum absolute atomic E-state index is 0.148. The van der Waals surface area contributed by atoms with Crippen LogP contribution < -0.4 is 18.9 Å². The van der Waals surface area contributed by atoms with Crippen molar-refractivity contribution in [2.24, 2.45) is 11.8 Å². The van der Waals surface area contributed by atoms with Crippen LogP contribution in [0.1, 0.15) is 105 Å². The molecular weight excluding hydrogens is 608 g/mol. The Balaban J connectivity index is 1.20. The lowest BCUT2D eigenvalue weighted by molar-refractivity contribution is -0.0890. The number of ether oxygens (including phenoxy) is 5. The summed E-state index contributed by atoms with van der Waals surface area (Å²) >= 11 is 0. The molecule has 258 valence electrons. The van der Waals surface area contributed by atoms with Gasteiger partial charge >= 0.3 is 0 Å². The molecule has 2 aliphatic heterocycles. The Kier molecular flexibility index (Phi) is 10.3. The highest BCUT2D eigenvalue weighted by atomic mass is 16.5. The van der Waals surface area contributed by atoms with Crippen LogP contribution in [0.4, 0.5) is 0 Å². The van der Waals surface area contributed by atoms with Crippen LogP contribution >= 0.6 is 0 Å². The van der Waals surface area contributed by atoms with E-state index in [1.165, 1.54) is 19.3 Å². The van der Waals surface area contributed by atoms with E-state index in [4.69, 9.17) is 23.7 Å². The number of hydrogen-bond donors (Lipinski definition) is 3. The Hall–Kier alpha value is -3.46. The summed E-state index contributed by atoms with van der Waals surface area (Å²) in [5, 5.41) is 34.5. The predicted molar refractivity (Wildman–Crippen MR) is 182 cm³/mol. The smallest absolute Gasteiger partial charge is 0.128 e. The molecule has 7 rings (SSSR count). The van der Waals surface area contributed by atoms with Crippen LogP contribution in [0.2, 0.25) is 0 Å². The van der Waals surface area contributed by atoms with Crippen LogP contribution in [0.5, 0.6) is 28.7 Å². The highest BCUT2D eigenvalue weighted by Gasteiger charge is 2.47. The van der Waals surface area contributed by atoms with Crippen molar-refractivity contribution in [1.82, 2.24) is 0 Å². The van der Waals surface area contributed by atoms with Gasteiger partial charge in [0.15, 0.2) is 0 Å². The second-order valence-corrected chi connectivity index (χ2v) is 14.2. The summed E-state index contributed by atoms with van der Waals surface area (Å²) in [5.41, 5.74) is 3.19. The molecule has 3 aromatic rings. The van der Waals surface area contributed by atoms with Gasteiger partial charge in [-0.05, 0) is 112 Å². The maximum Gasteiger partial charge on any atom is 0.128 e. The summed E-state index contributed by atoms with van der Waals surface area (Å²) < 4.78 is 31.4. The van der Waals surface area contributed by atoms with Crippen molar-refractivity contribution in [2.45, 2.75) is 108 Å². The number of rotatable bonds is 11. The van der Waals surface area contributed by atoms with Crippen molar-refractivity contribution >= 4 is 0 Å². The number of phenolic OH excluding ortho intramolecular Hbond substituents is 1. The lowest BCUT2D eigenvalue weighted by Gasteiger charge is -2.45. The van der Waals surface area contributed by atoms with Gasteiger partial charge in [0, 0.05) is 48.7 Å². The highest BCUT2D eigenvalue weighted by Crippen LogP contribution is 2.51. The Bertz CT molecular complexity index is 1530. The molecule has 2 fully saturated rings. The molecule has 0 bridgehead atoms. The predicted octanol–water partition coefficient (Wildman–Crippen LogP) is 7.60. The normalized spacial score (nSPS) is 25.9. The van der Waals surface area contributed by atoms with Crippen molar-refractivity contribution in [2.75, 3.05) is 20.3 Å². The van der Waals surface area contributed by atoms with E-state index in [0.717, 1.165) is 61.8 Å². The molecule has 3 N–H and O–H groups in total. The second kappa shape index (κ2) is 15.0. The first kappa shape index (κ1) is 33.1. The van der Waals surface area contributed by atoms with E-state index in [2.05, 4.69) is 0 Å². The molecule has 2 heterocycles. The maximum atomic E-state index is 12.2. The van der Waals surface area contributed by atoms with Crippen LogP contribution in [-0.4, -0.2) is 54.0 Å². The van der Waals surface area contributed by atoms with Gasteiger partial charge in [-0.25, -0.2) is 0 Å². The molecule has 5 atom stereocenters. The third-order valence-electron chi connectivity index (χ3n) is 10.8. The Morgan fingerprint density at radius 2 is 1.52 bits per heavy atom. The number of aliphatic hydroxyl groups is 2. The first-order valence-electron chi connectivity index (χ1n) is 18.0. The van der Waals surface area contributed by atoms with E-state index in [9.17, 15) is 15.3 Å². The van der Waals surface area contributed by atoms with Gasteiger partial charge in [0.25, 0.3) is 0 Å². The molecule has 0 saturated heterocycles. The third kappa shape index (κ3) is 7.26. The molecule has 3 aromatic carbocycles. The SMILES string of the molecule is COCCCC1Oc2ccc(OC3CCCCC3)cc2C(O)C1C1COc2c(Cc3cccc(O)c3)cc(OC3CCCC3)cc2C1O. The number of benzene rings is 3. The molecule has 0 spiro atoms. The number of phenols is 1. The standard InChI is InChI=1S/C40H50O8/c1-44-18-8-15-36-37(39(43)32-22-30(16-17-35(32)48-36)46-28-11-3-2-4-12-28)34-24-45-40-26(19-25-9-7-10-27(41)20-25)21-31(23-33(40)38(34)42)47-29-13-5-6-14-29/h7,9-10,16-17,20-23,28-29,34,36-39,41-43H,2-6,8,11-15,18-19,24H2,1H3. The monoisotopic (exact) mass is 658 g/mol. The molecule has 8 nitrogen and oxygen atoms in total. The van der Waals surface area contributed by atoms with Gasteiger partial charge in [-0.1, -0.05) is 18.6 Å². The molecule has 5 unspecified atom stereocenters. The summed E-state index contributed by atoms with van der Waals surface area (Å²) in [6, 6.07) is 17.0. The van der Waals surface area contributed by atoms with Crippen molar-refractivity contribution in [3.63, 3.8) is 0 Å². The van der Waals surface area contributed by atoms with E-state index >= 15 is 0 Å². The topological polar surface area (TPSA) is 107 Å². The molecule has 2 saturated carbocycles. The zero-order chi connectivity index (χ0) is 33.0. The van der Waals surface area contributed by atoms with Gasteiger partial charge in [-0.15, -0.1) is 0 Å². The zero-order valence-corrected chi connectivity index (χ0v) is 28.0. The van der Waals surface area contributed by atoms with E-state index < -0.39 is 24.0 Å². The summed E-state index contributed by atoms with van der Waals surface area (Å²) in [6.45, 7) is 0.806. The van der Waals surface area contributed by atoms with Gasteiger partial charge in [0.1, 0.15) is 34.9 Å². The van der Waals surface area contributed by atoms with Gasteiger partial charge in [0.05, 0.1) is 31.0 Å². The van der Waals surface area contributed by atoms with Crippen molar-refractivity contribution in [3.05, 3.63) is 76.9 Å². The van der Waals surface area contributed by atoms with Gasteiger partial charge in [-0.2, -0.15) is 0 Å². The highest BCUT2D eigenvalue weighted by molar-refractivity contribution is 5.52. The fourth-order valence-electron chi connectivity index (χ4n) is 8.34. The second-order valence-electron chi connectivity index (χ2n) is 14.2. The van der Waals surface area contributed by atoms with Crippen molar-refractivity contribution < 1.29 is 39.0 Å². The Labute approximate surface area is 284 Å². The first-order valence-corrected chi connectivity index (χ1v) is 18.0. The largest absolute Gasteiger partial charge is 0.508 e. The minimum Gasteiger partial charge on any atom is -0.508 e. The quantitative estimate of drug-likeness (QED) is 0.181. The molecule has 8 heteroatoms. The Morgan fingerprint density at radius 3 is 2.27 bits per heavy atom. The Morgan fingerprint density at radius 1 is 0.792 bits per heavy atom. The lowest BCUT2D eigenvalue weighted by Crippen LogP contribution is -2.46. The lowest BCUT2D eigenvalue weighted by atomic mass is 9.72. The van der Waals surface area contributed by atoms with E-state index in [0.29, 0.717) is 47.8 Å². The van der Waals surface area contributed by atoms with Crippen LogP contribution in [0, 0.1) is 11.8 Å². The van der Waals surface area contributed by atoms with Crippen molar-refractivity contribution in [3.8, 4) is 28.7 Å². The third-order valence-corrected chi connectivity index (χ3v) is 10.8. The van der Waals surface area contributed by atoms with Crippen LogP contribution in [-0.2, 0) is 11.2 Å². The van der Waals surface area contributed by atoms with Crippen LogP contribution in [0.3, 0.4) is 0 Å².